The van der Waals surface area contributed by atoms with E-state index in [1.807, 2.05) is 67.6 Å². The van der Waals surface area contributed by atoms with Crippen molar-refractivity contribution in [3.8, 4) is 5.75 Å². The van der Waals surface area contributed by atoms with E-state index in [1.165, 1.54) is 0 Å². The number of fused-ring (bicyclic) bond motifs is 1. The minimum atomic E-state index is -0.444. The number of hydrogen-bond acceptors (Lipinski definition) is 3. The number of hydrogen-bond donors (Lipinski definition) is 1. The molecule has 0 fully saturated rings. The van der Waals surface area contributed by atoms with Gasteiger partial charge >= 0.3 is 0 Å². The van der Waals surface area contributed by atoms with E-state index in [4.69, 9.17) is 4.74 Å². The topological polar surface area (TPSA) is 58.6 Å². The molecular weight excluding hydrogens is 388 g/mol. The molecule has 3 aromatic carbocycles. The van der Waals surface area contributed by atoms with Gasteiger partial charge in [0.2, 0.25) is 5.91 Å². The van der Waals surface area contributed by atoms with Crippen molar-refractivity contribution in [2.75, 3.05) is 23.4 Å². The fourth-order valence-corrected chi connectivity index (χ4v) is 3.73. The number of nitrogens with zero attached hydrogens (tertiary/aromatic N) is 1. The second kappa shape index (κ2) is 8.88. The summed E-state index contributed by atoms with van der Waals surface area (Å²) >= 11 is 0. The lowest BCUT2D eigenvalue weighted by atomic mass is 9.90. The molecule has 0 atom stereocenters. The molecule has 5 heteroatoms. The van der Waals surface area contributed by atoms with Crippen molar-refractivity contribution < 1.29 is 14.3 Å². The van der Waals surface area contributed by atoms with Crippen LogP contribution in [-0.4, -0.2) is 25.0 Å². The first-order valence-electron chi connectivity index (χ1n) is 10.2. The summed E-state index contributed by atoms with van der Waals surface area (Å²) in [5.74, 6) is -0.126. The zero-order valence-electron chi connectivity index (χ0n) is 17.4. The molecule has 1 aliphatic rings. The molecule has 1 aliphatic heterocycles. The molecule has 31 heavy (non-hydrogen) atoms. The summed E-state index contributed by atoms with van der Waals surface area (Å²) in [6.07, 6.45) is 0. The Balaban J connectivity index is 1.61. The molecule has 156 valence electrons. The number of nitrogens with one attached hydrogen (secondary N) is 1. The summed E-state index contributed by atoms with van der Waals surface area (Å²) in [5, 5.41) is 3.02. The third-order valence-corrected chi connectivity index (χ3v) is 5.13. The van der Waals surface area contributed by atoms with Crippen molar-refractivity contribution in [3.63, 3.8) is 0 Å². The Hall–Kier alpha value is -3.86. The first-order chi connectivity index (χ1) is 15.0. The Kier molecular flexibility index (Phi) is 5.85. The van der Waals surface area contributed by atoms with Gasteiger partial charge in [0, 0.05) is 18.3 Å². The van der Waals surface area contributed by atoms with E-state index in [-0.39, 0.29) is 18.4 Å². The smallest absolute Gasteiger partial charge is 0.265 e. The van der Waals surface area contributed by atoms with Crippen molar-refractivity contribution in [2.24, 2.45) is 0 Å². The highest BCUT2D eigenvalue weighted by atomic mass is 16.5. The van der Waals surface area contributed by atoms with Gasteiger partial charge < -0.3 is 15.0 Å². The molecule has 2 amide bonds. The Morgan fingerprint density at radius 1 is 1.03 bits per heavy atom. The van der Waals surface area contributed by atoms with E-state index >= 15 is 0 Å². The van der Waals surface area contributed by atoms with E-state index < -0.39 is 5.92 Å². The van der Waals surface area contributed by atoms with Gasteiger partial charge in [-0.3, -0.25) is 9.59 Å². The van der Waals surface area contributed by atoms with Gasteiger partial charge in [-0.15, -0.1) is 0 Å². The summed E-state index contributed by atoms with van der Waals surface area (Å²) in [5.41, 5.74) is 4.01. The molecule has 0 saturated heterocycles. The number of carbonyl (C=O) groups excluding carboxylic acids is 2. The molecular formula is C26H24N2O3. The first-order valence-corrected chi connectivity index (χ1v) is 10.2. The number of amides is 2. The Labute approximate surface area is 182 Å². The standard InChI is InChI=1S/C26H24N2O3/c1-18(2)16-28-22-14-13-21(15-23(22)31-17-24(28)29)27-26(30)25(19-9-5-3-6-10-19)20-11-7-4-8-12-20/h3-15,25H,1,16-17H2,2H3,(H,27,30). The van der Waals surface area contributed by atoms with Crippen LogP contribution >= 0.6 is 0 Å². The van der Waals surface area contributed by atoms with Crippen LogP contribution in [0, 0.1) is 0 Å². The van der Waals surface area contributed by atoms with Crippen LogP contribution in [0.5, 0.6) is 5.75 Å². The summed E-state index contributed by atoms with van der Waals surface area (Å²) < 4.78 is 5.63. The molecule has 1 N–H and O–H groups in total. The second-order valence-corrected chi connectivity index (χ2v) is 7.65. The molecule has 0 aromatic heterocycles. The maximum absolute atomic E-state index is 13.3. The van der Waals surface area contributed by atoms with Gasteiger partial charge in [-0.1, -0.05) is 72.8 Å². The number of ether oxygens (including phenoxy) is 1. The normalized spacial score (nSPS) is 12.8. The molecule has 0 radical (unpaired) electrons. The largest absolute Gasteiger partial charge is 0.481 e. The van der Waals surface area contributed by atoms with Crippen molar-refractivity contribution in [1.82, 2.24) is 0 Å². The maximum Gasteiger partial charge on any atom is 0.265 e. The third-order valence-electron chi connectivity index (χ3n) is 5.13. The highest BCUT2D eigenvalue weighted by molar-refractivity contribution is 6.01. The van der Waals surface area contributed by atoms with Crippen molar-refractivity contribution in [3.05, 3.63) is 102 Å². The summed E-state index contributed by atoms with van der Waals surface area (Å²) in [6, 6.07) is 24.7. The highest BCUT2D eigenvalue weighted by Gasteiger charge is 2.27. The van der Waals surface area contributed by atoms with Crippen LogP contribution < -0.4 is 15.0 Å². The minimum Gasteiger partial charge on any atom is -0.481 e. The van der Waals surface area contributed by atoms with Gasteiger partial charge in [0.1, 0.15) is 5.75 Å². The van der Waals surface area contributed by atoms with Crippen LogP contribution in [0.3, 0.4) is 0 Å². The average Bonchev–Trinajstić information content (AvgIpc) is 2.77. The molecule has 1 heterocycles. The highest BCUT2D eigenvalue weighted by Crippen LogP contribution is 2.35. The molecule has 0 unspecified atom stereocenters. The molecule has 0 aliphatic carbocycles. The summed E-state index contributed by atoms with van der Waals surface area (Å²) in [4.78, 5) is 27.2. The monoisotopic (exact) mass is 412 g/mol. The fourth-order valence-electron chi connectivity index (χ4n) is 3.73. The molecule has 3 aromatic rings. The molecule has 5 nitrogen and oxygen atoms in total. The van der Waals surface area contributed by atoms with E-state index in [0.29, 0.717) is 23.7 Å². The van der Waals surface area contributed by atoms with E-state index in [1.54, 1.807) is 23.1 Å². The van der Waals surface area contributed by atoms with E-state index in [2.05, 4.69) is 11.9 Å². The minimum absolute atomic E-state index is 0.0334. The van der Waals surface area contributed by atoms with Crippen LogP contribution in [0.4, 0.5) is 11.4 Å². The zero-order valence-corrected chi connectivity index (χ0v) is 17.4. The number of benzene rings is 3. The second-order valence-electron chi connectivity index (χ2n) is 7.65. The molecule has 4 rings (SSSR count). The van der Waals surface area contributed by atoms with Crippen molar-refractivity contribution in [2.45, 2.75) is 12.8 Å². The Morgan fingerprint density at radius 3 is 2.23 bits per heavy atom. The van der Waals surface area contributed by atoms with Crippen LogP contribution in [0.25, 0.3) is 0 Å². The lowest BCUT2D eigenvalue weighted by Crippen LogP contribution is -2.39. The number of rotatable bonds is 6. The predicted octanol–water partition coefficient (Wildman–Crippen LogP) is 4.76. The SMILES string of the molecule is C=C(C)CN1C(=O)COc2cc(NC(=O)C(c3ccccc3)c3ccccc3)ccc21. The molecule has 0 bridgehead atoms. The lowest BCUT2D eigenvalue weighted by molar-refractivity contribution is -0.121. The molecule has 0 spiro atoms. The van der Waals surface area contributed by atoms with Crippen LogP contribution in [0.1, 0.15) is 24.0 Å². The van der Waals surface area contributed by atoms with E-state index in [9.17, 15) is 9.59 Å². The predicted molar refractivity (Wildman–Crippen MR) is 122 cm³/mol. The van der Waals surface area contributed by atoms with Crippen molar-refractivity contribution in [1.29, 1.82) is 0 Å². The lowest BCUT2D eigenvalue weighted by Gasteiger charge is -2.30. The first kappa shape index (κ1) is 20.4. The van der Waals surface area contributed by atoms with Crippen molar-refractivity contribution >= 4 is 23.2 Å². The number of anilines is 2. The van der Waals surface area contributed by atoms with Crippen LogP contribution in [0.2, 0.25) is 0 Å². The summed E-state index contributed by atoms with van der Waals surface area (Å²) in [7, 11) is 0. The van der Waals surface area contributed by atoms with Gasteiger partial charge in [0.25, 0.3) is 5.91 Å². The van der Waals surface area contributed by atoms with Gasteiger partial charge in [-0.25, -0.2) is 0 Å². The van der Waals surface area contributed by atoms with Crippen LogP contribution in [-0.2, 0) is 9.59 Å². The van der Waals surface area contributed by atoms with Crippen LogP contribution in [0.15, 0.2) is 91.0 Å². The van der Waals surface area contributed by atoms with Gasteiger partial charge in [0.05, 0.1) is 11.6 Å². The van der Waals surface area contributed by atoms with Gasteiger partial charge in [-0.2, -0.15) is 0 Å². The maximum atomic E-state index is 13.3. The molecule has 0 saturated carbocycles. The Bertz CT molecular complexity index is 1070. The van der Waals surface area contributed by atoms with E-state index in [0.717, 1.165) is 16.7 Å². The Morgan fingerprint density at radius 2 is 1.65 bits per heavy atom. The summed E-state index contributed by atoms with van der Waals surface area (Å²) in [6.45, 7) is 6.18. The van der Waals surface area contributed by atoms with Gasteiger partial charge in [-0.05, 0) is 30.2 Å². The quantitative estimate of drug-likeness (QED) is 0.594. The number of carbonyl (C=O) groups is 2. The van der Waals surface area contributed by atoms with Gasteiger partial charge in [0.15, 0.2) is 6.61 Å². The zero-order chi connectivity index (χ0) is 21.8. The third kappa shape index (κ3) is 4.51. The fraction of sp³-hybridized carbons (Fsp3) is 0.154. The average molecular weight is 412 g/mol.